The summed E-state index contributed by atoms with van der Waals surface area (Å²) in [5.41, 5.74) is 2.22. The molecular weight excluding hydrogens is 331 g/mol. The number of methoxy groups -OCH3 is 1. The van der Waals surface area contributed by atoms with Gasteiger partial charge in [-0.2, -0.15) is 0 Å². The van der Waals surface area contributed by atoms with Crippen molar-refractivity contribution in [2.45, 2.75) is 12.3 Å². The molecule has 0 amide bonds. The number of rotatable bonds is 3. The van der Waals surface area contributed by atoms with Gasteiger partial charge in [0.2, 0.25) is 0 Å². The number of alkyl halides is 1. The van der Waals surface area contributed by atoms with Crippen molar-refractivity contribution in [3.8, 4) is 5.75 Å². The largest absolute Gasteiger partial charge is 0.496 e. The normalized spacial score (nSPS) is 12.3. The van der Waals surface area contributed by atoms with E-state index in [9.17, 15) is 4.39 Å². The Morgan fingerprint density at radius 1 is 1.21 bits per heavy atom. The zero-order valence-electron chi connectivity index (χ0n) is 10.6. The first-order valence-corrected chi connectivity index (χ1v) is 7.00. The lowest BCUT2D eigenvalue weighted by atomic mass is 10.0. The summed E-state index contributed by atoms with van der Waals surface area (Å²) in [6, 6.07) is 10.3. The van der Waals surface area contributed by atoms with E-state index >= 15 is 0 Å². The molecule has 1 unspecified atom stereocenters. The zero-order valence-corrected chi connectivity index (χ0v) is 12.9. The smallest absolute Gasteiger partial charge is 0.128 e. The van der Waals surface area contributed by atoms with Crippen molar-refractivity contribution < 1.29 is 9.13 Å². The third kappa shape index (κ3) is 2.93. The van der Waals surface area contributed by atoms with Crippen molar-refractivity contribution in [3.05, 3.63) is 63.4 Å². The number of halogens is 3. The Morgan fingerprint density at radius 3 is 2.53 bits per heavy atom. The van der Waals surface area contributed by atoms with Crippen molar-refractivity contribution in [2.75, 3.05) is 7.11 Å². The first kappa shape index (κ1) is 14.4. The van der Waals surface area contributed by atoms with Crippen LogP contribution < -0.4 is 4.74 Å². The van der Waals surface area contributed by atoms with Crippen LogP contribution in [0.5, 0.6) is 5.75 Å². The molecule has 0 fully saturated rings. The zero-order chi connectivity index (χ0) is 14.0. The van der Waals surface area contributed by atoms with E-state index in [-0.39, 0.29) is 5.82 Å². The maximum absolute atomic E-state index is 13.8. The molecule has 1 nitrogen and oxygen atoms in total. The van der Waals surface area contributed by atoms with Gasteiger partial charge >= 0.3 is 0 Å². The molecule has 1 atom stereocenters. The Labute approximate surface area is 125 Å². The van der Waals surface area contributed by atoms with Crippen LogP contribution >= 0.6 is 27.5 Å². The third-order valence-electron chi connectivity index (χ3n) is 2.96. The van der Waals surface area contributed by atoms with Gasteiger partial charge in [0.1, 0.15) is 11.6 Å². The van der Waals surface area contributed by atoms with Gasteiger partial charge in [0.05, 0.1) is 12.5 Å². The molecular formula is C15H13BrClFO. The fourth-order valence-electron chi connectivity index (χ4n) is 1.89. The quantitative estimate of drug-likeness (QED) is 0.693. The lowest BCUT2D eigenvalue weighted by molar-refractivity contribution is 0.409. The van der Waals surface area contributed by atoms with Crippen molar-refractivity contribution in [1.29, 1.82) is 0 Å². The molecule has 0 N–H and O–H groups in total. The standard InChI is InChI=1S/C15H13BrClFO/c1-9-7-14(19-2)11(8-12(9)16)15(17)10-5-3-4-6-13(10)18/h3-8,15H,1-2H3. The van der Waals surface area contributed by atoms with E-state index in [2.05, 4.69) is 15.9 Å². The number of benzene rings is 2. The van der Waals surface area contributed by atoms with Crippen LogP contribution in [0, 0.1) is 12.7 Å². The van der Waals surface area contributed by atoms with Gasteiger partial charge < -0.3 is 4.74 Å². The van der Waals surface area contributed by atoms with Crippen LogP contribution in [-0.4, -0.2) is 7.11 Å². The minimum atomic E-state index is -0.590. The second-order valence-corrected chi connectivity index (χ2v) is 5.52. The number of hydrogen-bond donors (Lipinski definition) is 0. The molecule has 2 rings (SSSR count). The molecule has 0 aliphatic heterocycles. The van der Waals surface area contributed by atoms with Crippen molar-refractivity contribution >= 4 is 27.5 Å². The molecule has 0 aliphatic carbocycles. The third-order valence-corrected chi connectivity index (χ3v) is 4.29. The molecule has 0 heterocycles. The highest BCUT2D eigenvalue weighted by molar-refractivity contribution is 9.10. The van der Waals surface area contributed by atoms with Gasteiger partial charge in [0.15, 0.2) is 0 Å². The van der Waals surface area contributed by atoms with Gasteiger partial charge in [0, 0.05) is 15.6 Å². The van der Waals surface area contributed by atoms with Gasteiger partial charge in [0.25, 0.3) is 0 Å². The van der Waals surface area contributed by atoms with Crippen LogP contribution in [0.2, 0.25) is 0 Å². The SMILES string of the molecule is COc1cc(C)c(Br)cc1C(Cl)c1ccccc1F. The highest BCUT2D eigenvalue weighted by Crippen LogP contribution is 2.38. The van der Waals surface area contributed by atoms with Crippen LogP contribution in [0.25, 0.3) is 0 Å². The molecule has 0 saturated heterocycles. The Bertz CT molecular complexity index is 601. The lowest BCUT2D eigenvalue weighted by Crippen LogP contribution is -2.00. The van der Waals surface area contributed by atoms with Gasteiger partial charge in [-0.15, -0.1) is 11.6 Å². The van der Waals surface area contributed by atoms with E-state index in [1.54, 1.807) is 25.3 Å². The van der Waals surface area contributed by atoms with Crippen molar-refractivity contribution in [2.24, 2.45) is 0 Å². The van der Waals surface area contributed by atoms with E-state index in [1.165, 1.54) is 6.07 Å². The van der Waals surface area contributed by atoms with Gasteiger partial charge in [-0.25, -0.2) is 4.39 Å². The van der Waals surface area contributed by atoms with Crippen LogP contribution in [0.15, 0.2) is 40.9 Å². The van der Waals surface area contributed by atoms with Gasteiger partial charge in [-0.05, 0) is 30.7 Å². The average molecular weight is 344 g/mol. The second kappa shape index (κ2) is 5.93. The van der Waals surface area contributed by atoms with Crippen molar-refractivity contribution in [3.63, 3.8) is 0 Å². The minimum Gasteiger partial charge on any atom is -0.496 e. The van der Waals surface area contributed by atoms with Crippen LogP contribution in [-0.2, 0) is 0 Å². The molecule has 100 valence electrons. The molecule has 0 aromatic heterocycles. The molecule has 19 heavy (non-hydrogen) atoms. The summed E-state index contributed by atoms with van der Waals surface area (Å²) in [5.74, 6) is 0.338. The highest BCUT2D eigenvalue weighted by atomic mass is 79.9. The highest BCUT2D eigenvalue weighted by Gasteiger charge is 2.19. The maximum Gasteiger partial charge on any atom is 0.128 e. The topological polar surface area (TPSA) is 9.23 Å². The Kier molecular flexibility index (Phi) is 4.48. The fraction of sp³-hybridized carbons (Fsp3) is 0.200. The average Bonchev–Trinajstić information content (AvgIpc) is 2.41. The van der Waals surface area contributed by atoms with Crippen LogP contribution in [0.1, 0.15) is 22.1 Å². The molecule has 0 bridgehead atoms. The molecule has 0 aliphatic rings. The van der Waals surface area contributed by atoms with E-state index in [1.807, 2.05) is 19.1 Å². The number of aryl methyl sites for hydroxylation is 1. The summed E-state index contributed by atoms with van der Waals surface area (Å²) >= 11 is 9.87. The fourth-order valence-corrected chi connectivity index (χ4v) is 2.60. The molecule has 4 heteroatoms. The molecule has 0 spiro atoms. The first-order chi connectivity index (χ1) is 9.04. The number of hydrogen-bond acceptors (Lipinski definition) is 1. The molecule has 0 saturated carbocycles. The van der Waals surface area contributed by atoms with E-state index in [0.717, 1.165) is 15.6 Å². The summed E-state index contributed by atoms with van der Waals surface area (Å²) in [5, 5.41) is -0.590. The van der Waals surface area contributed by atoms with E-state index in [4.69, 9.17) is 16.3 Å². The first-order valence-electron chi connectivity index (χ1n) is 5.77. The monoisotopic (exact) mass is 342 g/mol. The summed E-state index contributed by atoms with van der Waals surface area (Å²) in [4.78, 5) is 0. The summed E-state index contributed by atoms with van der Waals surface area (Å²) in [6.07, 6.45) is 0. The van der Waals surface area contributed by atoms with E-state index < -0.39 is 5.38 Å². The summed E-state index contributed by atoms with van der Waals surface area (Å²) in [6.45, 7) is 1.96. The molecule has 0 radical (unpaired) electrons. The maximum atomic E-state index is 13.8. The Hall–Kier alpha value is -1.06. The summed E-state index contributed by atoms with van der Waals surface area (Å²) in [7, 11) is 1.58. The summed E-state index contributed by atoms with van der Waals surface area (Å²) < 4.78 is 20.1. The minimum absolute atomic E-state index is 0.318. The van der Waals surface area contributed by atoms with Gasteiger partial charge in [-0.3, -0.25) is 0 Å². The predicted molar refractivity (Wildman–Crippen MR) is 79.5 cm³/mol. The molecule has 2 aromatic rings. The predicted octanol–water partition coefficient (Wildman–Crippen LogP) is 5.23. The Morgan fingerprint density at radius 2 is 1.89 bits per heavy atom. The second-order valence-electron chi connectivity index (χ2n) is 4.23. The number of ether oxygens (including phenoxy) is 1. The van der Waals surface area contributed by atoms with Gasteiger partial charge in [-0.1, -0.05) is 34.1 Å². The lowest BCUT2D eigenvalue weighted by Gasteiger charge is -2.16. The van der Waals surface area contributed by atoms with Crippen LogP contribution in [0.4, 0.5) is 4.39 Å². The van der Waals surface area contributed by atoms with E-state index in [0.29, 0.717) is 11.3 Å². The molecule has 2 aromatic carbocycles. The Balaban J connectivity index is 2.52. The van der Waals surface area contributed by atoms with Crippen LogP contribution in [0.3, 0.4) is 0 Å². The van der Waals surface area contributed by atoms with Crippen molar-refractivity contribution in [1.82, 2.24) is 0 Å².